The Morgan fingerprint density at radius 3 is 2.21 bits per heavy atom. The molecule has 0 aromatic carbocycles. The molecule has 1 N–H and O–H groups in total. The van der Waals surface area contributed by atoms with Crippen molar-refractivity contribution in [2.24, 2.45) is 16.7 Å². The van der Waals surface area contributed by atoms with Gasteiger partial charge in [0.2, 0.25) is 0 Å². The molecule has 1 unspecified atom stereocenters. The van der Waals surface area contributed by atoms with Crippen LogP contribution >= 0.6 is 0 Å². The van der Waals surface area contributed by atoms with Crippen LogP contribution in [0.15, 0.2) is 0 Å². The fourth-order valence-corrected chi connectivity index (χ4v) is 3.78. The molecule has 1 aliphatic heterocycles. The van der Waals surface area contributed by atoms with Crippen LogP contribution in [0.1, 0.15) is 25.7 Å². The number of nitrogens with one attached hydrogen (secondary N) is 1. The minimum atomic E-state index is -3.94. The van der Waals surface area contributed by atoms with E-state index in [9.17, 15) is 13.2 Å². The van der Waals surface area contributed by atoms with Gasteiger partial charge in [-0.1, -0.05) is 0 Å². The second-order valence-electron chi connectivity index (χ2n) is 5.36. The molecule has 0 aromatic rings. The highest BCUT2D eigenvalue weighted by molar-refractivity contribution is 5.22. The summed E-state index contributed by atoms with van der Waals surface area (Å²) < 4.78 is 37.7. The van der Waals surface area contributed by atoms with Crippen LogP contribution in [0.2, 0.25) is 0 Å². The van der Waals surface area contributed by atoms with Gasteiger partial charge >= 0.3 is 6.18 Å². The van der Waals surface area contributed by atoms with E-state index in [1.807, 2.05) is 0 Å². The number of hydrogen-bond acceptors (Lipinski definition) is 1. The lowest BCUT2D eigenvalue weighted by Crippen LogP contribution is -2.70. The number of alkyl halides is 3. The highest BCUT2D eigenvalue weighted by Gasteiger charge is 2.79. The Bertz CT molecular complexity index is 245. The zero-order chi connectivity index (χ0) is 10.0. The summed E-state index contributed by atoms with van der Waals surface area (Å²) >= 11 is 0. The van der Waals surface area contributed by atoms with Crippen LogP contribution < -0.4 is 5.32 Å². The fourth-order valence-electron chi connectivity index (χ4n) is 3.78. The molecule has 4 fully saturated rings. The van der Waals surface area contributed by atoms with Gasteiger partial charge in [0.05, 0.1) is 5.41 Å². The zero-order valence-corrected chi connectivity index (χ0v) is 7.95. The highest BCUT2D eigenvalue weighted by Crippen LogP contribution is 2.81. The molecule has 4 aliphatic rings. The van der Waals surface area contributed by atoms with Crippen LogP contribution in [0.25, 0.3) is 0 Å². The molecule has 0 aromatic heterocycles. The number of halogens is 3. The summed E-state index contributed by atoms with van der Waals surface area (Å²) in [5.41, 5.74) is -1.17. The minimum absolute atomic E-state index is 0.0824. The third kappa shape index (κ3) is 0.859. The second-order valence-corrected chi connectivity index (χ2v) is 5.36. The van der Waals surface area contributed by atoms with E-state index in [0.717, 1.165) is 19.5 Å². The first-order valence-corrected chi connectivity index (χ1v) is 5.25. The molecular formula is C10H14F3N. The maximum atomic E-state index is 12.6. The van der Waals surface area contributed by atoms with Gasteiger partial charge in [-0.05, 0) is 50.1 Å². The van der Waals surface area contributed by atoms with Gasteiger partial charge in [0.25, 0.3) is 0 Å². The third-order valence-electron chi connectivity index (χ3n) is 4.60. The van der Waals surface area contributed by atoms with Gasteiger partial charge in [-0.3, -0.25) is 0 Å². The molecule has 0 radical (unpaired) electrons. The van der Waals surface area contributed by atoms with Crippen LogP contribution in [-0.2, 0) is 0 Å². The average molecular weight is 205 g/mol. The van der Waals surface area contributed by atoms with Crippen LogP contribution in [0.3, 0.4) is 0 Å². The molecular weight excluding hydrogens is 191 g/mol. The molecule has 2 bridgehead atoms. The largest absolute Gasteiger partial charge is 0.394 e. The molecule has 0 spiro atoms. The van der Waals surface area contributed by atoms with Gasteiger partial charge in [-0.15, -0.1) is 0 Å². The Labute approximate surface area is 81.1 Å². The average Bonchev–Trinajstić information content (AvgIpc) is 2.28. The van der Waals surface area contributed by atoms with Crippen molar-refractivity contribution >= 4 is 0 Å². The molecule has 1 saturated heterocycles. The van der Waals surface area contributed by atoms with Crippen molar-refractivity contribution in [3.8, 4) is 0 Å². The minimum Gasteiger partial charge on any atom is -0.316 e. The lowest BCUT2D eigenvalue weighted by Gasteiger charge is -2.73. The van der Waals surface area contributed by atoms with Crippen LogP contribution in [0, 0.1) is 16.7 Å². The van der Waals surface area contributed by atoms with E-state index in [4.69, 9.17) is 0 Å². The summed E-state index contributed by atoms with van der Waals surface area (Å²) in [5, 5.41) is 3.24. The summed E-state index contributed by atoms with van der Waals surface area (Å²) in [4.78, 5) is 0. The zero-order valence-electron chi connectivity index (χ0n) is 7.95. The van der Waals surface area contributed by atoms with Gasteiger partial charge in [-0.25, -0.2) is 0 Å². The van der Waals surface area contributed by atoms with Gasteiger partial charge in [0.1, 0.15) is 0 Å². The van der Waals surface area contributed by atoms with E-state index in [2.05, 4.69) is 5.32 Å². The SMILES string of the molecule is FC(F)(F)C12CC(C3CCNC3)(C1)C2. The van der Waals surface area contributed by atoms with Crippen molar-refractivity contribution < 1.29 is 13.2 Å². The van der Waals surface area contributed by atoms with E-state index < -0.39 is 11.6 Å². The van der Waals surface area contributed by atoms with E-state index in [-0.39, 0.29) is 5.41 Å². The molecule has 14 heavy (non-hydrogen) atoms. The fraction of sp³-hybridized carbons (Fsp3) is 1.00. The highest BCUT2D eigenvalue weighted by atomic mass is 19.4. The molecule has 4 rings (SSSR count). The van der Waals surface area contributed by atoms with Crippen LogP contribution in [0.5, 0.6) is 0 Å². The molecule has 1 nitrogen and oxygen atoms in total. The smallest absolute Gasteiger partial charge is 0.316 e. The first kappa shape index (κ1) is 9.01. The summed E-state index contributed by atoms with van der Waals surface area (Å²) in [6.07, 6.45) is -1.63. The normalized spacial score (nSPS) is 51.2. The summed E-state index contributed by atoms with van der Waals surface area (Å²) in [6.45, 7) is 1.93. The monoisotopic (exact) mass is 205 g/mol. The third-order valence-corrected chi connectivity index (χ3v) is 4.60. The van der Waals surface area contributed by atoms with E-state index >= 15 is 0 Å². The summed E-state index contributed by atoms with van der Waals surface area (Å²) in [6, 6.07) is 0. The summed E-state index contributed by atoms with van der Waals surface area (Å²) in [5.74, 6) is 0.520. The number of rotatable bonds is 1. The Balaban J connectivity index is 1.69. The van der Waals surface area contributed by atoms with Gasteiger partial charge in [-0.2, -0.15) is 13.2 Å². The Morgan fingerprint density at radius 1 is 1.14 bits per heavy atom. The van der Waals surface area contributed by atoms with E-state index in [1.54, 1.807) is 0 Å². The molecule has 80 valence electrons. The topological polar surface area (TPSA) is 12.0 Å². The maximum Gasteiger partial charge on any atom is 0.394 e. The van der Waals surface area contributed by atoms with Crippen molar-refractivity contribution in [1.29, 1.82) is 0 Å². The Hall–Kier alpha value is -0.250. The maximum absolute atomic E-state index is 12.6. The number of hydrogen-bond donors (Lipinski definition) is 1. The standard InChI is InChI=1S/C10H14F3N/c11-10(12,13)9-4-8(5-9,6-9)7-1-2-14-3-7/h7,14H,1-6H2. The Morgan fingerprint density at radius 2 is 1.79 bits per heavy atom. The van der Waals surface area contributed by atoms with Crippen molar-refractivity contribution in [2.45, 2.75) is 31.9 Å². The van der Waals surface area contributed by atoms with Crippen LogP contribution in [-0.4, -0.2) is 19.3 Å². The second kappa shape index (κ2) is 2.29. The van der Waals surface area contributed by atoms with E-state index in [0.29, 0.717) is 25.2 Å². The van der Waals surface area contributed by atoms with Crippen molar-refractivity contribution in [3.05, 3.63) is 0 Å². The first-order chi connectivity index (χ1) is 6.48. The molecule has 3 aliphatic carbocycles. The first-order valence-electron chi connectivity index (χ1n) is 5.25. The molecule has 0 amide bonds. The van der Waals surface area contributed by atoms with E-state index in [1.165, 1.54) is 0 Å². The molecule has 3 saturated carbocycles. The predicted molar refractivity (Wildman–Crippen MR) is 45.7 cm³/mol. The molecule has 1 atom stereocenters. The lowest BCUT2D eigenvalue weighted by molar-refractivity contribution is -0.374. The van der Waals surface area contributed by atoms with Gasteiger partial charge < -0.3 is 5.32 Å². The van der Waals surface area contributed by atoms with Crippen molar-refractivity contribution in [3.63, 3.8) is 0 Å². The predicted octanol–water partition coefficient (Wildman–Crippen LogP) is 2.33. The Kier molecular flexibility index (Phi) is 1.47. The molecule has 1 heterocycles. The lowest BCUT2D eigenvalue weighted by atomic mass is 9.31. The quantitative estimate of drug-likeness (QED) is 0.692. The van der Waals surface area contributed by atoms with Crippen molar-refractivity contribution in [2.75, 3.05) is 13.1 Å². The summed E-state index contributed by atoms with van der Waals surface area (Å²) in [7, 11) is 0. The van der Waals surface area contributed by atoms with Crippen molar-refractivity contribution in [1.82, 2.24) is 5.32 Å². The molecule has 4 heteroatoms. The van der Waals surface area contributed by atoms with Crippen LogP contribution in [0.4, 0.5) is 13.2 Å². The van der Waals surface area contributed by atoms with Gasteiger partial charge in [0, 0.05) is 0 Å². The van der Waals surface area contributed by atoms with Gasteiger partial charge in [0.15, 0.2) is 0 Å².